The van der Waals surface area contributed by atoms with Gasteiger partial charge in [-0.25, -0.2) is 4.99 Å². The van der Waals surface area contributed by atoms with E-state index in [1.54, 1.807) is 19.4 Å². The van der Waals surface area contributed by atoms with E-state index in [9.17, 15) is 4.79 Å². The van der Waals surface area contributed by atoms with Gasteiger partial charge in [-0.2, -0.15) is 0 Å². The Balaban J connectivity index is 2.26. The first-order valence-electron chi connectivity index (χ1n) is 5.61. The summed E-state index contributed by atoms with van der Waals surface area (Å²) in [5.41, 5.74) is 0.917. The molecular weight excluding hydrogens is 218 g/mol. The summed E-state index contributed by atoms with van der Waals surface area (Å²) in [4.78, 5) is 20.0. The Hall–Kier alpha value is -1.91. The number of pyridine rings is 1. The van der Waals surface area contributed by atoms with Gasteiger partial charge in [0.15, 0.2) is 18.0 Å². The topological polar surface area (TPSA) is 63.6 Å². The van der Waals surface area contributed by atoms with Crippen molar-refractivity contribution < 1.29 is 9.53 Å². The molecule has 0 aromatic carbocycles. The van der Waals surface area contributed by atoms with Gasteiger partial charge in [-0.3, -0.25) is 9.78 Å². The zero-order valence-electron chi connectivity index (χ0n) is 9.88. The van der Waals surface area contributed by atoms with Crippen LogP contribution in [0.25, 0.3) is 0 Å². The summed E-state index contributed by atoms with van der Waals surface area (Å²) in [5, 5.41) is 2.61. The molecule has 90 valence electrons. The highest BCUT2D eigenvalue weighted by Crippen LogP contribution is 2.29. The minimum absolute atomic E-state index is 0.129. The van der Waals surface area contributed by atoms with Crippen molar-refractivity contribution >= 4 is 11.8 Å². The maximum absolute atomic E-state index is 11.7. The van der Waals surface area contributed by atoms with Crippen molar-refractivity contribution in [3.63, 3.8) is 0 Å². The molecule has 1 aliphatic heterocycles. The molecule has 17 heavy (non-hydrogen) atoms. The summed E-state index contributed by atoms with van der Waals surface area (Å²) in [7, 11) is 1.60. The SMILES string of the molecule is CCC1=NC(C(=O)NC)C(c2ccncc2)O1. The summed E-state index contributed by atoms with van der Waals surface area (Å²) in [6.07, 6.45) is 3.72. The van der Waals surface area contributed by atoms with Crippen LogP contribution in [0.3, 0.4) is 0 Å². The monoisotopic (exact) mass is 233 g/mol. The lowest BCUT2D eigenvalue weighted by atomic mass is 10.0. The normalized spacial score (nSPS) is 22.8. The van der Waals surface area contributed by atoms with E-state index < -0.39 is 6.04 Å². The summed E-state index contributed by atoms with van der Waals surface area (Å²) in [5.74, 6) is 0.496. The smallest absolute Gasteiger partial charge is 0.248 e. The highest BCUT2D eigenvalue weighted by atomic mass is 16.5. The third kappa shape index (κ3) is 2.27. The fourth-order valence-electron chi connectivity index (χ4n) is 1.79. The zero-order chi connectivity index (χ0) is 12.3. The summed E-state index contributed by atoms with van der Waals surface area (Å²) < 4.78 is 5.69. The lowest BCUT2D eigenvalue weighted by Crippen LogP contribution is -2.33. The van der Waals surface area contributed by atoms with Crippen molar-refractivity contribution in [2.24, 2.45) is 4.99 Å². The van der Waals surface area contributed by atoms with Crippen LogP contribution in [0.1, 0.15) is 25.0 Å². The van der Waals surface area contributed by atoms with E-state index in [0.29, 0.717) is 12.3 Å². The van der Waals surface area contributed by atoms with Gasteiger partial charge in [0.2, 0.25) is 5.91 Å². The van der Waals surface area contributed by atoms with Gasteiger partial charge in [-0.15, -0.1) is 0 Å². The quantitative estimate of drug-likeness (QED) is 0.849. The average Bonchev–Trinajstić information content (AvgIpc) is 2.83. The molecule has 5 heteroatoms. The Morgan fingerprint density at radius 2 is 2.18 bits per heavy atom. The Labute approximate surface area is 99.9 Å². The lowest BCUT2D eigenvalue weighted by molar-refractivity contribution is -0.123. The Kier molecular flexibility index (Phi) is 3.37. The van der Waals surface area contributed by atoms with Crippen molar-refractivity contribution in [3.05, 3.63) is 30.1 Å². The van der Waals surface area contributed by atoms with E-state index in [4.69, 9.17) is 4.74 Å². The number of amides is 1. The molecule has 0 saturated carbocycles. The van der Waals surface area contributed by atoms with E-state index in [1.165, 1.54) is 0 Å². The third-order valence-corrected chi connectivity index (χ3v) is 2.68. The second kappa shape index (κ2) is 4.95. The molecule has 2 atom stereocenters. The van der Waals surface area contributed by atoms with Crippen LogP contribution >= 0.6 is 0 Å². The number of ether oxygens (including phenoxy) is 1. The number of carbonyl (C=O) groups is 1. The first-order valence-corrected chi connectivity index (χ1v) is 5.61. The van der Waals surface area contributed by atoms with Crippen LogP contribution in [0.4, 0.5) is 0 Å². The standard InChI is InChI=1S/C12H15N3O2/c1-3-9-15-10(12(16)13-2)11(17-9)8-4-6-14-7-5-8/h4-7,10-11H,3H2,1-2H3,(H,13,16). The highest BCUT2D eigenvalue weighted by Gasteiger charge is 2.36. The number of nitrogens with zero attached hydrogens (tertiary/aromatic N) is 2. The number of carbonyl (C=O) groups excluding carboxylic acids is 1. The molecule has 2 heterocycles. The molecule has 5 nitrogen and oxygen atoms in total. The van der Waals surface area contributed by atoms with Crippen molar-refractivity contribution in [1.29, 1.82) is 0 Å². The molecule has 1 N–H and O–H groups in total. The van der Waals surface area contributed by atoms with Crippen molar-refractivity contribution in [2.75, 3.05) is 7.05 Å². The van der Waals surface area contributed by atoms with Gasteiger partial charge in [0, 0.05) is 25.9 Å². The second-order valence-electron chi connectivity index (χ2n) is 3.75. The van der Waals surface area contributed by atoms with Crippen molar-refractivity contribution in [1.82, 2.24) is 10.3 Å². The van der Waals surface area contributed by atoms with Gasteiger partial charge in [0.25, 0.3) is 0 Å². The molecule has 2 unspecified atom stereocenters. The largest absolute Gasteiger partial charge is 0.470 e. The summed E-state index contributed by atoms with van der Waals surface area (Å²) >= 11 is 0. The highest BCUT2D eigenvalue weighted by molar-refractivity contribution is 5.89. The molecule has 0 bridgehead atoms. The number of rotatable bonds is 3. The van der Waals surface area contributed by atoms with Gasteiger partial charge in [0.1, 0.15) is 0 Å². The Morgan fingerprint density at radius 1 is 1.47 bits per heavy atom. The Bertz CT molecular complexity index is 431. The Morgan fingerprint density at radius 3 is 2.76 bits per heavy atom. The average molecular weight is 233 g/mol. The fraction of sp³-hybridized carbons (Fsp3) is 0.417. The van der Waals surface area contributed by atoms with E-state index in [-0.39, 0.29) is 12.0 Å². The fourth-order valence-corrected chi connectivity index (χ4v) is 1.79. The molecule has 0 fully saturated rings. The van der Waals surface area contributed by atoms with Gasteiger partial charge >= 0.3 is 0 Å². The molecule has 0 radical (unpaired) electrons. The third-order valence-electron chi connectivity index (χ3n) is 2.68. The molecule has 1 amide bonds. The van der Waals surface area contributed by atoms with Crippen LogP contribution < -0.4 is 5.32 Å². The molecule has 0 spiro atoms. The molecule has 0 aliphatic carbocycles. The van der Waals surface area contributed by atoms with E-state index >= 15 is 0 Å². The van der Waals surface area contributed by atoms with Gasteiger partial charge < -0.3 is 10.1 Å². The van der Waals surface area contributed by atoms with E-state index in [2.05, 4.69) is 15.3 Å². The minimum atomic E-state index is -0.502. The van der Waals surface area contributed by atoms with Crippen LogP contribution in [0.5, 0.6) is 0 Å². The van der Waals surface area contributed by atoms with E-state index in [1.807, 2.05) is 19.1 Å². The van der Waals surface area contributed by atoms with Gasteiger partial charge in [-0.1, -0.05) is 6.92 Å². The van der Waals surface area contributed by atoms with Crippen LogP contribution in [0, 0.1) is 0 Å². The second-order valence-corrected chi connectivity index (χ2v) is 3.75. The predicted octanol–water partition coefficient (Wildman–Crippen LogP) is 1.08. The van der Waals surface area contributed by atoms with Crippen LogP contribution in [-0.2, 0) is 9.53 Å². The zero-order valence-corrected chi connectivity index (χ0v) is 9.88. The van der Waals surface area contributed by atoms with Crippen LogP contribution in [0.15, 0.2) is 29.5 Å². The van der Waals surface area contributed by atoms with Gasteiger partial charge in [-0.05, 0) is 17.7 Å². The number of nitrogens with one attached hydrogen (secondary N) is 1. The summed E-state index contributed by atoms with van der Waals surface area (Å²) in [6, 6.07) is 3.18. The molecular formula is C12H15N3O2. The van der Waals surface area contributed by atoms with Crippen molar-refractivity contribution in [3.8, 4) is 0 Å². The van der Waals surface area contributed by atoms with E-state index in [0.717, 1.165) is 5.56 Å². The number of hydrogen-bond donors (Lipinski definition) is 1. The molecule has 2 rings (SSSR count). The number of aromatic nitrogens is 1. The predicted molar refractivity (Wildman–Crippen MR) is 63.6 cm³/mol. The molecule has 1 aromatic rings. The maximum Gasteiger partial charge on any atom is 0.248 e. The number of hydrogen-bond acceptors (Lipinski definition) is 4. The maximum atomic E-state index is 11.7. The first-order chi connectivity index (χ1) is 8.26. The minimum Gasteiger partial charge on any atom is -0.470 e. The first kappa shape index (κ1) is 11.6. The number of likely N-dealkylation sites (N-methyl/N-ethyl adjacent to an activating group) is 1. The molecule has 1 aliphatic rings. The lowest BCUT2D eigenvalue weighted by Gasteiger charge is -2.16. The van der Waals surface area contributed by atoms with Gasteiger partial charge in [0.05, 0.1) is 0 Å². The van der Waals surface area contributed by atoms with Crippen molar-refractivity contribution in [2.45, 2.75) is 25.5 Å². The van der Waals surface area contributed by atoms with Crippen LogP contribution in [-0.4, -0.2) is 29.9 Å². The van der Waals surface area contributed by atoms with Crippen LogP contribution in [0.2, 0.25) is 0 Å². The molecule has 0 saturated heterocycles. The molecule has 1 aromatic heterocycles. The number of aliphatic imine (C=N–C) groups is 1. The summed E-state index contributed by atoms with van der Waals surface area (Å²) in [6.45, 7) is 1.95.